The molecule has 1 fully saturated rings. The van der Waals surface area contributed by atoms with E-state index in [1.807, 2.05) is 85.9 Å². The number of nitrogens with one attached hydrogen (secondary N) is 2. The number of amides is 2. The minimum atomic E-state index is -0.557. The number of carbonyl (C=O) groups is 1. The Hall–Kier alpha value is -4.55. The highest BCUT2D eigenvalue weighted by atomic mass is 32.2. The number of hydrogen-bond acceptors (Lipinski definition) is 8. The number of aromatic nitrogens is 4. The van der Waals surface area contributed by atoms with Gasteiger partial charge in [0.05, 0.1) is 18.8 Å². The molecule has 2 amide bonds. The third-order valence-electron chi connectivity index (χ3n) is 7.79. The minimum Gasteiger partial charge on any atom is -0.392 e. The van der Waals surface area contributed by atoms with E-state index in [1.165, 1.54) is 0 Å². The van der Waals surface area contributed by atoms with E-state index < -0.39 is 6.29 Å². The van der Waals surface area contributed by atoms with Crippen molar-refractivity contribution in [1.82, 2.24) is 30.8 Å². The molecule has 4 aromatic carbocycles. The number of hydrogen-bond donors (Lipinski definition) is 3. The maximum absolute atomic E-state index is 12.3. The summed E-state index contributed by atoms with van der Waals surface area (Å²) in [6, 6.07) is 33.8. The molecule has 236 valence electrons. The Morgan fingerprint density at radius 2 is 1.57 bits per heavy atom. The van der Waals surface area contributed by atoms with E-state index >= 15 is 0 Å². The summed E-state index contributed by atoms with van der Waals surface area (Å²) in [5.41, 5.74) is 6.97. The summed E-state index contributed by atoms with van der Waals surface area (Å²) in [4.78, 5) is 12.3. The maximum Gasteiger partial charge on any atom is 0.315 e. The number of nitrogens with zero attached hydrogens (tertiary/aromatic N) is 4. The highest BCUT2D eigenvalue weighted by Gasteiger charge is 2.32. The first-order valence-corrected chi connectivity index (χ1v) is 16.1. The van der Waals surface area contributed by atoms with Crippen LogP contribution in [0.25, 0.3) is 11.1 Å². The van der Waals surface area contributed by atoms with Gasteiger partial charge in [0.2, 0.25) is 5.16 Å². The molecule has 10 nitrogen and oxygen atoms in total. The Balaban J connectivity index is 1.11. The Bertz CT molecular complexity index is 1720. The molecule has 1 aromatic heterocycles. The monoisotopic (exact) mass is 636 g/mol. The molecule has 1 aliphatic rings. The lowest BCUT2D eigenvalue weighted by Crippen LogP contribution is -2.34. The largest absolute Gasteiger partial charge is 0.392 e. The van der Waals surface area contributed by atoms with E-state index in [1.54, 1.807) is 16.4 Å². The van der Waals surface area contributed by atoms with Crippen LogP contribution in [0, 0.1) is 0 Å². The Morgan fingerprint density at radius 1 is 0.848 bits per heavy atom. The summed E-state index contributed by atoms with van der Waals surface area (Å²) in [7, 11) is 1.82. The standard InChI is InChI=1S/C35H36N6O4S/c1-41-35(38-39-40-41)46-23-31-19-32(28-12-10-25(22-42)11-13-28)45-33(44-31)29-16-14-27(15-17-29)30-9-5-8-26(18-30)21-37-34(43)36-20-24-6-3-2-4-7-24/h2-18,31-33,42H,19-23H2,1H3,(H2,36,37,43). The van der Waals surface area contributed by atoms with Gasteiger partial charge in [0.15, 0.2) is 6.29 Å². The number of rotatable bonds is 11. The molecule has 1 saturated heterocycles. The molecule has 0 aliphatic carbocycles. The van der Waals surface area contributed by atoms with Crippen molar-refractivity contribution in [1.29, 1.82) is 0 Å². The van der Waals surface area contributed by atoms with Crippen LogP contribution in [0.1, 0.15) is 46.6 Å². The highest BCUT2D eigenvalue weighted by molar-refractivity contribution is 7.99. The van der Waals surface area contributed by atoms with E-state index in [2.05, 4.69) is 50.4 Å². The topological polar surface area (TPSA) is 123 Å². The lowest BCUT2D eigenvalue weighted by atomic mass is 9.99. The van der Waals surface area contributed by atoms with E-state index in [0.29, 0.717) is 25.3 Å². The van der Waals surface area contributed by atoms with Gasteiger partial charge in [-0.25, -0.2) is 9.48 Å². The van der Waals surface area contributed by atoms with Crippen LogP contribution < -0.4 is 10.6 Å². The van der Waals surface area contributed by atoms with Gasteiger partial charge >= 0.3 is 6.03 Å². The normalized spacial score (nSPS) is 17.8. The minimum absolute atomic E-state index is 0.00159. The fourth-order valence-corrected chi connectivity index (χ4v) is 6.12. The molecular formula is C35H36N6O4S. The van der Waals surface area contributed by atoms with Gasteiger partial charge in [0, 0.05) is 37.9 Å². The molecule has 11 heteroatoms. The summed E-state index contributed by atoms with van der Waals surface area (Å²) in [6.45, 7) is 0.891. The molecule has 3 N–H and O–H groups in total. The van der Waals surface area contributed by atoms with Gasteiger partial charge in [0.25, 0.3) is 0 Å². The second-order valence-corrected chi connectivity index (χ2v) is 12.1. The molecule has 0 bridgehead atoms. The number of aryl methyl sites for hydroxylation is 1. The first-order chi connectivity index (χ1) is 22.5. The van der Waals surface area contributed by atoms with Crippen LogP contribution >= 0.6 is 11.8 Å². The quantitative estimate of drug-likeness (QED) is 0.158. The number of benzene rings is 4. The van der Waals surface area contributed by atoms with Crippen LogP contribution in [0.4, 0.5) is 4.79 Å². The number of aliphatic hydroxyl groups is 1. The lowest BCUT2D eigenvalue weighted by molar-refractivity contribution is -0.245. The van der Waals surface area contributed by atoms with Crippen molar-refractivity contribution < 1.29 is 19.4 Å². The second-order valence-electron chi connectivity index (χ2n) is 11.1. The van der Waals surface area contributed by atoms with Gasteiger partial charge in [-0.05, 0) is 49.9 Å². The van der Waals surface area contributed by atoms with Crippen LogP contribution in [-0.4, -0.2) is 43.2 Å². The fourth-order valence-electron chi connectivity index (χ4n) is 5.25. The first kappa shape index (κ1) is 31.4. The molecule has 0 radical (unpaired) electrons. The zero-order valence-corrected chi connectivity index (χ0v) is 26.3. The van der Waals surface area contributed by atoms with Crippen LogP contribution in [0.5, 0.6) is 0 Å². The fraction of sp³-hybridized carbons (Fsp3) is 0.257. The van der Waals surface area contributed by atoms with E-state index in [4.69, 9.17) is 9.47 Å². The van der Waals surface area contributed by atoms with Gasteiger partial charge in [0.1, 0.15) is 0 Å². The molecule has 2 heterocycles. The van der Waals surface area contributed by atoms with Gasteiger partial charge in [-0.15, -0.1) is 5.10 Å². The van der Waals surface area contributed by atoms with E-state index in [0.717, 1.165) is 44.1 Å². The van der Waals surface area contributed by atoms with Crippen molar-refractivity contribution in [3.05, 3.63) is 131 Å². The third kappa shape index (κ3) is 8.18. The Morgan fingerprint density at radius 3 is 2.28 bits per heavy atom. The number of thioether (sulfide) groups is 1. The number of tetrazole rings is 1. The summed E-state index contributed by atoms with van der Waals surface area (Å²) < 4.78 is 14.6. The molecule has 5 aromatic rings. The summed E-state index contributed by atoms with van der Waals surface area (Å²) >= 11 is 1.55. The van der Waals surface area contributed by atoms with Gasteiger partial charge in [-0.3, -0.25) is 0 Å². The summed E-state index contributed by atoms with van der Waals surface area (Å²) in [5, 5.41) is 27.8. The summed E-state index contributed by atoms with van der Waals surface area (Å²) in [5.74, 6) is 0.669. The van der Waals surface area contributed by atoms with Crippen molar-refractivity contribution in [3.63, 3.8) is 0 Å². The van der Waals surface area contributed by atoms with E-state index in [9.17, 15) is 9.90 Å². The van der Waals surface area contributed by atoms with Crippen molar-refractivity contribution >= 4 is 17.8 Å². The predicted molar refractivity (Wildman–Crippen MR) is 175 cm³/mol. The van der Waals surface area contributed by atoms with Gasteiger partial charge in [-0.1, -0.05) is 109 Å². The highest BCUT2D eigenvalue weighted by Crippen LogP contribution is 2.39. The Labute approximate surface area is 272 Å². The zero-order chi connectivity index (χ0) is 31.7. The molecule has 1 aliphatic heterocycles. The van der Waals surface area contributed by atoms with Gasteiger partial charge in [-0.2, -0.15) is 0 Å². The predicted octanol–water partition coefficient (Wildman–Crippen LogP) is 5.71. The summed E-state index contributed by atoms with van der Waals surface area (Å²) in [6.07, 6.45) is -0.158. The second kappa shape index (κ2) is 15.2. The van der Waals surface area contributed by atoms with Crippen molar-refractivity contribution in [2.75, 3.05) is 5.75 Å². The molecule has 0 saturated carbocycles. The van der Waals surface area contributed by atoms with Crippen LogP contribution in [-0.2, 0) is 36.2 Å². The smallest absolute Gasteiger partial charge is 0.315 e. The molecule has 3 unspecified atom stereocenters. The zero-order valence-electron chi connectivity index (χ0n) is 25.5. The molecule has 46 heavy (non-hydrogen) atoms. The number of carbonyl (C=O) groups excluding carboxylic acids is 1. The van der Waals surface area contributed by atoms with Crippen LogP contribution in [0.3, 0.4) is 0 Å². The van der Waals surface area contributed by atoms with Crippen molar-refractivity contribution in [2.24, 2.45) is 7.05 Å². The van der Waals surface area contributed by atoms with E-state index in [-0.39, 0.29) is 24.8 Å². The SMILES string of the molecule is Cn1nnnc1SCC1CC(c2ccc(CO)cc2)OC(c2ccc(-c3cccc(CNC(=O)NCc4ccccc4)c3)cc2)O1. The number of urea groups is 1. The third-order valence-corrected chi connectivity index (χ3v) is 8.93. The maximum atomic E-state index is 12.3. The number of ether oxygens (including phenoxy) is 2. The Kier molecular flexibility index (Phi) is 10.4. The van der Waals surface area contributed by atoms with Crippen LogP contribution in [0.2, 0.25) is 0 Å². The molecule has 0 spiro atoms. The van der Waals surface area contributed by atoms with Gasteiger partial charge < -0.3 is 25.2 Å². The van der Waals surface area contributed by atoms with Crippen molar-refractivity contribution in [2.45, 2.75) is 49.8 Å². The number of aliphatic hydroxyl groups excluding tert-OH is 1. The first-order valence-electron chi connectivity index (χ1n) is 15.1. The average Bonchev–Trinajstić information content (AvgIpc) is 3.53. The molecule has 6 rings (SSSR count). The molecule has 3 atom stereocenters. The van der Waals surface area contributed by atoms with Crippen LogP contribution in [0.15, 0.2) is 108 Å². The van der Waals surface area contributed by atoms with Crippen molar-refractivity contribution in [3.8, 4) is 11.1 Å². The molecular weight excluding hydrogens is 600 g/mol. The average molecular weight is 637 g/mol. The lowest BCUT2D eigenvalue weighted by Gasteiger charge is -2.36.